The van der Waals surface area contributed by atoms with Gasteiger partial charge in [-0.2, -0.15) is 0 Å². The third-order valence-corrected chi connectivity index (χ3v) is 6.64. The van der Waals surface area contributed by atoms with Gasteiger partial charge in [-0.25, -0.2) is 4.79 Å². The third kappa shape index (κ3) is 4.70. The van der Waals surface area contributed by atoms with Crippen LogP contribution in [0.25, 0.3) is 0 Å². The Kier molecular flexibility index (Phi) is 5.89. The van der Waals surface area contributed by atoms with E-state index in [1.165, 1.54) is 21.6 Å². The summed E-state index contributed by atoms with van der Waals surface area (Å²) in [4.78, 5) is 12.7. The van der Waals surface area contributed by atoms with Crippen LogP contribution in [0.2, 0.25) is 0 Å². The van der Waals surface area contributed by atoms with Gasteiger partial charge in [0.25, 0.3) is 0 Å². The molecule has 3 rings (SSSR count). The second kappa shape index (κ2) is 8.01. The summed E-state index contributed by atoms with van der Waals surface area (Å²) < 4.78 is 5.23. The van der Waals surface area contributed by atoms with Gasteiger partial charge in [0.15, 0.2) is 0 Å². The summed E-state index contributed by atoms with van der Waals surface area (Å²) in [5.74, 6) is 0.707. The highest BCUT2D eigenvalue weighted by molar-refractivity contribution is 8.03. The van der Waals surface area contributed by atoms with Crippen molar-refractivity contribution in [3.05, 3.63) is 51.6 Å². The number of carboxylic acid groups (broad SMARTS) is 1. The van der Waals surface area contributed by atoms with Crippen molar-refractivity contribution in [2.45, 2.75) is 52.5 Å². The van der Waals surface area contributed by atoms with Crippen LogP contribution in [0.5, 0.6) is 5.75 Å². The van der Waals surface area contributed by atoms with Crippen molar-refractivity contribution in [3.8, 4) is 5.75 Å². The first-order valence-electron chi connectivity index (χ1n) is 9.46. The van der Waals surface area contributed by atoms with Crippen molar-refractivity contribution in [1.82, 2.24) is 5.32 Å². The minimum atomic E-state index is -0.765. The Labute approximate surface area is 166 Å². The molecule has 2 aliphatic rings. The molecule has 4 nitrogen and oxygen atoms in total. The number of carbonyl (C=O) groups is 1. The standard InChI is InChI=1S/C22H29NO3S/c1-14(5-6-15-7-9-16(26-4)10-8-15)17-11-22(2,3)12-18-20(17)27-13-19(23-18)21(24)25/h7-10,19,23H,5-6,11-13H2,1-4H3,(H,24,25)/b17-14-. The normalized spacial score (nSPS) is 23.3. The van der Waals surface area contributed by atoms with E-state index < -0.39 is 12.0 Å². The minimum Gasteiger partial charge on any atom is -0.497 e. The number of allylic oxidation sites excluding steroid dienone is 3. The average molecular weight is 388 g/mol. The fourth-order valence-electron chi connectivity index (χ4n) is 3.82. The molecule has 5 heteroatoms. The molecule has 1 aliphatic carbocycles. The second-order valence-electron chi connectivity index (χ2n) is 8.28. The van der Waals surface area contributed by atoms with Crippen LogP contribution in [0.1, 0.15) is 45.6 Å². The van der Waals surface area contributed by atoms with Crippen LogP contribution < -0.4 is 10.1 Å². The topological polar surface area (TPSA) is 58.6 Å². The summed E-state index contributed by atoms with van der Waals surface area (Å²) in [6, 6.07) is 7.79. The first kappa shape index (κ1) is 19.9. The van der Waals surface area contributed by atoms with E-state index in [2.05, 4.69) is 38.2 Å². The molecular formula is C22H29NO3S. The predicted molar refractivity (Wildman–Crippen MR) is 111 cm³/mol. The lowest BCUT2D eigenvalue weighted by molar-refractivity contribution is -0.138. The monoisotopic (exact) mass is 387 g/mol. The second-order valence-corrected chi connectivity index (χ2v) is 9.31. The smallest absolute Gasteiger partial charge is 0.326 e. The first-order chi connectivity index (χ1) is 12.8. The molecule has 1 heterocycles. The molecule has 1 atom stereocenters. The van der Waals surface area contributed by atoms with Crippen LogP contribution in [0.15, 0.2) is 46.0 Å². The number of hydrogen-bond acceptors (Lipinski definition) is 4. The largest absolute Gasteiger partial charge is 0.497 e. The molecular weight excluding hydrogens is 358 g/mol. The number of hydrogen-bond donors (Lipinski definition) is 2. The molecule has 146 valence electrons. The molecule has 0 saturated carbocycles. The maximum Gasteiger partial charge on any atom is 0.326 e. The highest BCUT2D eigenvalue weighted by Gasteiger charge is 2.36. The Morgan fingerprint density at radius 3 is 2.63 bits per heavy atom. The van der Waals surface area contributed by atoms with Crippen molar-refractivity contribution in [2.75, 3.05) is 12.9 Å². The number of thioether (sulfide) groups is 1. The molecule has 27 heavy (non-hydrogen) atoms. The van der Waals surface area contributed by atoms with E-state index in [9.17, 15) is 9.90 Å². The fraction of sp³-hybridized carbons (Fsp3) is 0.500. The number of rotatable bonds is 5. The predicted octanol–water partition coefficient (Wildman–Crippen LogP) is 4.77. The Balaban J connectivity index is 1.80. The molecule has 0 radical (unpaired) electrons. The van der Waals surface area contributed by atoms with Crippen molar-refractivity contribution in [3.63, 3.8) is 0 Å². The lowest BCUT2D eigenvalue weighted by atomic mass is 9.75. The van der Waals surface area contributed by atoms with Gasteiger partial charge in [0.2, 0.25) is 0 Å². The summed E-state index contributed by atoms with van der Waals surface area (Å²) in [6.45, 7) is 6.77. The number of nitrogens with one attached hydrogen (secondary N) is 1. The molecule has 0 saturated heterocycles. The molecule has 0 spiro atoms. The van der Waals surface area contributed by atoms with Crippen molar-refractivity contribution >= 4 is 17.7 Å². The molecule has 1 unspecified atom stereocenters. The number of ether oxygens (including phenoxy) is 1. The van der Waals surface area contributed by atoms with E-state index in [0.717, 1.165) is 37.1 Å². The van der Waals surface area contributed by atoms with Gasteiger partial charge in [0.1, 0.15) is 11.8 Å². The van der Waals surface area contributed by atoms with Crippen LogP contribution in [-0.2, 0) is 11.2 Å². The van der Waals surface area contributed by atoms with E-state index in [0.29, 0.717) is 5.75 Å². The zero-order valence-electron chi connectivity index (χ0n) is 16.6. The zero-order chi connectivity index (χ0) is 19.6. The third-order valence-electron chi connectivity index (χ3n) is 5.36. The molecule has 1 aliphatic heterocycles. The van der Waals surface area contributed by atoms with Gasteiger partial charge < -0.3 is 15.2 Å². The lowest BCUT2D eigenvalue weighted by Crippen LogP contribution is -2.43. The van der Waals surface area contributed by atoms with Crippen LogP contribution in [0.3, 0.4) is 0 Å². The van der Waals surface area contributed by atoms with Gasteiger partial charge in [-0.05, 0) is 61.3 Å². The van der Waals surface area contributed by atoms with Crippen molar-refractivity contribution < 1.29 is 14.6 Å². The fourth-order valence-corrected chi connectivity index (χ4v) is 5.11. The Morgan fingerprint density at radius 2 is 2.00 bits per heavy atom. The average Bonchev–Trinajstić information content (AvgIpc) is 2.64. The molecule has 0 aromatic heterocycles. The molecule has 0 bridgehead atoms. The van der Waals surface area contributed by atoms with E-state index in [1.807, 2.05) is 12.1 Å². The molecule has 1 aromatic carbocycles. The molecule has 2 N–H and O–H groups in total. The Morgan fingerprint density at radius 1 is 1.30 bits per heavy atom. The summed E-state index contributed by atoms with van der Waals surface area (Å²) in [5.41, 5.74) is 5.39. The number of aliphatic carboxylic acids is 1. The summed E-state index contributed by atoms with van der Waals surface area (Å²) in [6.07, 6.45) is 3.97. The maximum absolute atomic E-state index is 11.4. The highest BCUT2D eigenvalue weighted by Crippen LogP contribution is 2.48. The highest BCUT2D eigenvalue weighted by atomic mass is 32.2. The summed E-state index contributed by atoms with van der Waals surface area (Å²) >= 11 is 1.71. The SMILES string of the molecule is COc1ccc(CC/C(C)=C2/CC(C)(C)CC3=C2SCC(C(=O)O)N3)cc1. The number of carboxylic acids is 1. The van der Waals surface area contributed by atoms with E-state index in [-0.39, 0.29) is 5.41 Å². The Bertz CT molecular complexity index is 777. The van der Waals surface area contributed by atoms with E-state index in [4.69, 9.17) is 4.74 Å². The molecule has 0 amide bonds. The zero-order valence-corrected chi connectivity index (χ0v) is 17.4. The van der Waals surface area contributed by atoms with Crippen molar-refractivity contribution in [2.24, 2.45) is 5.41 Å². The molecule has 1 aromatic rings. The van der Waals surface area contributed by atoms with Gasteiger partial charge in [0, 0.05) is 16.4 Å². The van der Waals surface area contributed by atoms with E-state index >= 15 is 0 Å². The van der Waals surface area contributed by atoms with Crippen LogP contribution in [0.4, 0.5) is 0 Å². The summed E-state index contributed by atoms with van der Waals surface area (Å²) in [5, 5.41) is 12.7. The van der Waals surface area contributed by atoms with Crippen LogP contribution >= 0.6 is 11.8 Å². The number of methoxy groups -OCH3 is 1. The molecule has 0 fully saturated rings. The van der Waals surface area contributed by atoms with Gasteiger partial charge in [-0.15, -0.1) is 11.8 Å². The first-order valence-corrected chi connectivity index (χ1v) is 10.4. The maximum atomic E-state index is 11.4. The quantitative estimate of drug-likeness (QED) is 0.762. The van der Waals surface area contributed by atoms with Gasteiger partial charge in [0.05, 0.1) is 7.11 Å². The number of benzene rings is 1. The van der Waals surface area contributed by atoms with Crippen molar-refractivity contribution in [1.29, 1.82) is 0 Å². The van der Waals surface area contributed by atoms with Gasteiger partial charge in [-0.1, -0.05) is 31.6 Å². The summed E-state index contributed by atoms with van der Waals surface area (Å²) in [7, 11) is 1.69. The van der Waals surface area contributed by atoms with E-state index in [1.54, 1.807) is 18.9 Å². The minimum absolute atomic E-state index is 0.142. The van der Waals surface area contributed by atoms with Gasteiger partial charge in [-0.3, -0.25) is 0 Å². The van der Waals surface area contributed by atoms with Crippen LogP contribution in [-0.4, -0.2) is 30.0 Å². The lowest BCUT2D eigenvalue weighted by Gasteiger charge is -2.39. The Hall–Kier alpha value is -1.88. The van der Waals surface area contributed by atoms with Gasteiger partial charge >= 0.3 is 5.97 Å². The van der Waals surface area contributed by atoms with Crippen LogP contribution in [0, 0.1) is 5.41 Å². The number of aryl methyl sites for hydroxylation is 1.